The average molecular weight is 521 g/mol. The van der Waals surface area contributed by atoms with Gasteiger partial charge in [0, 0.05) is 5.92 Å². The number of nitrogens with two attached hydrogens (primary N) is 1. The van der Waals surface area contributed by atoms with E-state index in [0.717, 1.165) is 19.3 Å². The SMILES string of the molecule is CCCCCCCC/C=C\CCCCCCC(CCCCCCCCCCCCCCCC)C(=O)NN. The topological polar surface area (TPSA) is 55.1 Å². The largest absolute Gasteiger partial charge is 0.294 e. The zero-order chi connectivity index (χ0) is 27.1. The fourth-order valence-electron chi connectivity index (χ4n) is 5.39. The molecule has 0 heterocycles. The number of carbonyl (C=O) groups is 1. The molecule has 0 spiro atoms. The zero-order valence-corrected chi connectivity index (χ0v) is 25.5. The first-order valence-electron chi connectivity index (χ1n) is 16.9. The summed E-state index contributed by atoms with van der Waals surface area (Å²) in [6.45, 7) is 4.56. The van der Waals surface area contributed by atoms with Crippen molar-refractivity contribution in [3.05, 3.63) is 12.2 Å². The van der Waals surface area contributed by atoms with Crippen molar-refractivity contribution in [1.29, 1.82) is 0 Å². The van der Waals surface area contributed by atoms with E-state index in [9.17, 15) is 4.79 Å². The van der Waals surface area contributed by atoms with E-state index in [1.54, 1.807) is 0 Å². The number of hydrazine groups is 1. The Balaban J connectivity index is 3.57. The zero-order valence-electron chi connectivity index (χ0n) is 25.5. The smallest absolute Gasteiger partial charge is 0.236 e. The van der Waals surface area contributed by atoms with Gasteiger partial charge in [-0.25, -0.2) is 5.84 Å². The van der Waals surface area contributed by atoms with Gasteiger partial charge in [-0.2, -0.15) is 0 Å². The Morgan fingerprint density at radius 3 is 1.14 bits per heavy atom. The van der Waals surface area contributed by atoms with Crippen molar-refractivity contribution in [3.8, 4) is 0 Å². The van der Waals surface area contributed by atoms with E-state index in [2.05, 4.69) is 31.4 Å². The van der Waals surface area contributed by atoms with Gasteiger partial charge in [0.05, 0.1) is 0 Å². The highest BCUT2D eigenvalue weighted by Gasteiger charge is 2.16. The Morgan fingerprint density at radius 1 is 0.514 bits per heavy atom. The number of unbranched alkanes of at least 4 members (excludes halogenated alkanes) is 23. The predicted octanol–water partition coefficient (Wildman–Crippen LogP) is 11.1. The van der Waals surface area contributed by atoms with Crippen LogP contribution in [0.1, 0.15) is 194 Å². The highest BCUT2D eigenvalue weighted by atomic mass is 16.2. The second kappa shape index (κ2) is 31.4. The van der Waals surface area contributed by atoms with Crippen LogP contribution in [-0.2, 0) is 4.79 Å². The molecule has 0 saturated heterocycles. The molecule has 0 aliphatic rings. The second-order valence-electron chi connectivity index (χ2n) is 11.6. The molecule has 0 saturated carbocycles. The van der Waals surface area contributed by atoms with Crippen LogP contribution in [0.25, 0.3) is 0 Å². The van der Waals surface area contributed by atoms with Crippen LogP contribution in [0.3, 0.4) is 0 Å². The minimum Gasteiger partial charge on any atom is -0.294 e. The van der Waals surface area contributed by atoms with Crippen molar-refractivity contribution in [2.75, 3.05) is 0 Å². The summed E-state index contributed by atoms with van der Waals surface area (Å²) in [5.41, 5.74) is 2.42. The van der Waals surface area contributed by atoms with Gasteiger partial charge in [0.1, 0.15) is 0 Å². The molecule has 0 aliphatic carbocycles. The maximum absolute atomic E-state index is 12.2. The van der Waals surface area contributed by atoms with Gasteiger partial charge >= 0.3 is 0 Å². The number of hydrogen-bond donors (Lipinski definition) is 2. The first kappa shape index (κ1) is 36.2. The van der Waals surface area contributed by atoms with Crippen LogP contribution >= 0.6 is 0 Å². The van der Waals surface area contributed by atoms with Crippen molar-refractivity contribution >= 4 is 5.91 Å². The van der Waals surface area contributed by atoms with E-state index in [1.807, 2.05) is 0 Å². The molecular weight excluding hydrogens is 452 g/mol. The monoisotopic (exact) mass is 521 g/mol. The molecule has 0 aliphatic heterocycles. The van der Waals surface area contributed by atoms with Gasteiger partial charge in [-0.05, 0) is 38.5 Å². The number of hydrogen-bond acceptors (Lipinski definition) is 2. The lowest BCUT2D eigenvalue weighted by Crippen LogP contribution is -2.35. The van der Waals surface area contributed by atoms with Crippen LogP contribution in [0.2, 0.25) is 0 Å². The van der Waals surface area contributed by atoms with Crippen molar-refractivity contribution in [1.82, 2.24) is 5.43 Å². The van der Waals surface area contributed by atoms with E-state index in [1.165, 1.54) is 161 Å². The third-order valence-corrected chi connectivity index (χ3v) is 7.98. The minimum absolute atomic E-state index is 0.0484. The molecule has 1 unspecified atom stereocenters. The number of rotatable bonds is 30. The number of allylic oxidation sites excluding steroid dienone is 2. The van der Waals surface area contributed by atoms with E-state index < -0.39 is 0 Å². The van der Waals surface area contributed by atoms with Gasteiger partial charge in [0.15, 0.2) is 0 Å². The number of nitrogens with one attached hydrogen (secondary N) is 1. The van der Waals surface area contributed by atoms with Crippen LogP contribution in [0.5, 0.6) is 0 Å². The molecule has 1 atom stereocenters. The molecule has 37 heavy (non-hydrogen) atoms. The van der Waals surface area contributed by atoms with E-state index in [-0.39, 0.29) is 11.8 Å². The maximum atomic E-state index is 12.2. The summed E-state index contributed by atoms with van der Waals surface area (Å²) in [5.74, 6) is 5.63. The Morgan fingerprint density at radius 2 is 0.811 bits per heavy atom. The second-order valence-corrected chi connectivity index (χ2v) is 11.6. The van der Waals surface area contributed by atoms with E-state index >= 15 is 0 Å². The molecule has 0 aromatic heterocycles. The summed E-state index contributed by atoms with van der Waals surface area (Å²) in [7, 11) is 0. The summed E-state index contributed by atoms with van der Waals surface area (Å²) >= 11 is 0. The number of amides is 1. The highest BCUT2D eigenvalue weighted by Crippen LogP contribution is 2.20. The molecule has 0 bridgehead atoms. The van der Waals surface area contributed by atoms with E-state index in [4.69, 9.17) is 5.84 Å². The lowest BCUT2D eigenvalue weighted by atomic mass is 9.93. The van der Waals surface area contributed by atoms with Crippen molar-refractivity contribution in [2.24, 2.45) is 11.8 Å². The van der Waals surface area contributed by atoms with Crippen LogP contribution in [0.15, 0.2) is 12.2 Å². The Labute approximate surface area is 233 Å². The van der Waals surface area contributed by atoms with Crippen molar-refractivity contribution in [3.63, 3.8) is 0 Å². The quantitative estimate of drug-likeness (QED) is 0.0325. The molecular formula is C34H68N2O. The summed E-state index contributed by atoms with van der Waals surface area (Å²) < 4.78 is 0. The lowest BCUT2D eigenvalue weighted by Gasteiger charge is -2.15. The normalized spacial score (nSPS) is 12.4. The Hall–Kier alpha value is -0.830. The van der Waals surface area contributed by atoms with Gasteiger partial charge < -0.3 is 0 Å². The molecule has 0 rings (SSSR count). The molecule has 1 amide bonds. The predicted molar refractivity (Wildman–Crippen MR) is 166 cm³/mol. The van der Waals surface area contributed by atoms with Crippen molar-refractivity contribution in [2.45, 2.75) is 194 Å². The van der Waals surface area contributed by atoms with Gasteiger partial charge in [-0.15, -0.1) is 0 Å². The van der Waals surface area contributed by atoms with Crippen LogP contribution in [0.4, 0.5) is 0 Å². The minimum atomic E-state index is 0.0484. The van der Waals surface area contributed by atoms with Crippen LogP contribution in [-0.4, -0.2) is 5.91 Å². The van der Waals surface area contributed by atoms with Gasteiger partial charge in [-0.1, -0.05) is 167 Å². The Bertz CT molecular complexity index is 476. The van der Waals surface area contributed by atoms with Gasteiger partial charge in [0.25, 0.3) is 0 Å². The molecule has 0 aromatic rings. The first-order chi connectivity index (χ1) is 18.3. The fourth-order valence-corrected chi connectivity index (χ4v) is 5.39. The van der Waals surface area contributed by atoms with Crippen LogP contribution in [0, 0.1) is 5.92 Å². The first-order valence-corrected chi connectivity index (χ1v) is 16.9. The third-order valence-electron chi connectivity index (χ3n) is 7.98. The summed E-state index contributed by atoms with van der Waals surface area (Å²) in [6, 6.07) is 0. The summed E-state index contributed by atoms with van der Waals surface area (Å²) in [5, 5.41) is 0. The number of carbonyl (C=O) groups excluding carboxylic acids is 1. The standard InChI is InChI=1S/C34H68N2O/c1-3-5-7-9-11-13-15-17-19-21-23-25-27-29-31-33(34(37)36-35)32-30-28-26-24-22-20-18-16-14-12-10-8-6-4-2/h17,19,33H,3-16,18,20-32,35H2,1-2H3,(H,36,37)/b19-17-. The average Bonchev–Trinajstić information content (AvgIpc) is 2.91. The van der Waals surface area contributed by atoms with Gasteiger partial charge in [-0.3, -0.25) is 10.2 Å². The lowest BCUT2D eigenvalue weighted by molar-refractivity contribution is -0.125. The molecule has 220 valence electrons. The molecule has 0 aromatic carbocycles. The third kappa shape index (κ3) is 28.0. The highest BCUT2D eigenvalue weighted by molar-refractivity contribution is 5.77. The summed E-state index contributed by atoms with van der Waals surface area (Å²) in [4.78, 5) is 12.2. The van der Waals surface area contributed by atoms with Crippen molar-refractivity contribution < 1.29 is 4.79 Å². The fraction of sp³-hybridized carbons (Fsp3) is 0.912. The molecule has 3 nitrogen and oxygen atoms in total. The maximum Gasteiger partial charge on any atom is 0.236 e. The van der Waals surface area contributed by atoms with Gasteiger partial charge in [0.2, 0.25) is 5.91 Å². The molecule has 3 N–H and O–H groups in total. The summed E-state index contributed by atoms with van der Waals surface area (Å²) in [6.07, 6.45) is 41.7. The molecule has 3 heteroatoms. The van der Waals surface area contributed by atoms with E-state index in [0.29, 0.717) is 0 Å². The van der Waals surface area contributed by atoms with Crippen LogP contribution < -0.4 is 11.3 Å². The molecule has 0 fully saturated rings. The molecule has 0 radical (unpaired) electrons. The Kier molecular flexibility index (Phi) is 30.7.